The van der Waals surface area contributed by atoms with Crippen LogP contribution >= 0.6 is 11.6 Å². The van der Waals surface area contributed by atoms with Gasteiger partial charge >= 0.3 is 12.4 Å². The van der Waals surface area contributed by atoms with Gasteiger partial charge in [0.2, 0.25) is 11.8 Å². The van der Waals surface area contributed by atoms with Crippen LogP contribution in [0.3, 0.4) is 0 Å². The van der Waals surface area contributed by atoms with E-state index in [4.69, 9.17) is 16.3 Å². The van der Waals surface area contributed by atoms with Crippen molar-refractivity contribution < 1.29 is 56.0 Å². The van der Waals surface area contributed by atoms with Crippen LogP contribution in [-0.2, 0) is 21.9 Å². The second-order valence-corrected chi connectivity index (χ2v) is 13.8. The number of phenolic OH excluding ortho intramolecular Hbond substituents is 1. The molecule has 1 aliphatic carbocycles. The summed E-state index contributed by atoms with van der Waals surface area (Å²) in [6.07, 6.45) is -10.0. The monoisotopic (exact) mass is 785 g/mol. The molecule has 1 fully saturated rings. The summed E-state index contributed by atoms with van der Waals surface area (Å²) in [5.74, 6) is -5.68. The molecule has 3 N–H and O–H groups in total. The Labute approximate surface area is 316 Å². The van der Waals surface area contributed by atoms with Crippen LogP contribution in [0.2, 0.25) is 5.02 Å². The lowest BCUT2D eigenvalue weighted by atomic mass is 9.68. The van der Waals surface area contributed by atoms with Crippen molar-refractivity contribution in [1.82, 2.24) is 0 Å². The first-order chi connectivity index (χ1) is 26.1. The van der Waals surface area contributed by atoms with Crippen LogP contribution in [0, 0.1) is 17.8 Å². The zero-order valence-corrected chi connectivity index (χ0v) is 29.6. The highest BCUT2D eigenvalue weighted by Gasteiger charge is 2.56. The molecule has 4 aromatic carbocycles. The Hall–Kier alpha value is -5.11. The molecule has 0 aromatic heterocycles. The van der Waals surface area contributed by atoms with Gasteiger partial charge in [-0.3, -0.25) is 9.59 Å². The number of allylic oxidation sites excluding steroid dienone is 1. The first-order valence-corrected chi connectivity index (χ1v) is 17.5. The van der Waals surface area contributed by atoms with Crippen molar-refractivity contribution in [3.63, 3.8) is 0 Å². The summed E-state index contributed by atoms with van der Waals surface area (Å²) in [6.45, 7) is -0.986. The lowest BCUT2D eigenvalue weighted by molar-refractivity contribution is -0.143. The molecule has 2 amide bonds. The summed E-state index contributed by atoms with van der Waals surface area (Å²) >= 11 is 6.40. The summed E-state index contributed by atoms with van der Waals surface area (Å²) in [5, 5.41) is 32.9. The number of phenols is 1. The smallest absolute Gasteiger partial charge is 0.416 e. The number of hydrogen-bond donors (Lipinski definition) is 3. The van der Waals surface area contributed by atoms with Gasteiger partial charge in [-0.05, 0) is 102 Å². The Morgan fingerprint density at radius 3 is 2.07 bits per heavy atom. The minimum atomic E-state index is -5.23. The minimum Gasteiger partial charge on any atom is -0.508 e. The number of benzene rings is 4. The maximum Gasteiger partial charge on any atom is 0.416 e. The average Bonchev–Trinajstić information content (AvgIpc) is 3.40. The number of carbonyl (C=O) groups is 2. The summed E-state index contributed by atoms with van der Waals surface area (Å²) in [6, 6.07) is 22.7. The Kier molecular flexibility index (Phi) is 11.5. The number of ether oxygens (including phenoxy) is 1. The third kappa shape index (κ3) is 8.59. The van der Waals surface area contributed by atoms with Crippen LogP contribution < -0.4 is 9.64 Å². The Morgan fingerprint density at radius 2 is 1.49 bits per heavy atom. The van der Waals surface area contributed by atoms with Crippen molar-refractivity contribution in [2.45, 2.75) is 37.7 Å². The maximum atomic E-state index is 14.1. The molecular formula is C41H34ClF6NO6. The van der Waals surface area contributed by atoms with Gasteiger partial charge in [0.1, 0.15) is 18.1 Å². The van der Waals surface area contributed by atoms with E-state index in [-0.39, 0.29) is 48.3 Å². The van der Waals surface area contributed by atoms with E-state index in [1.54, 1.807) is 42.5 Å². The number of para-hydroxylation sites is 1. The molecule has 1 saturated heterocycles. The van der Waals surface area contributed by atoms with Crippen LogP contribution in [0.1, 0.15) is 41.5 Å². The number of nitrogens with zero attached hydrogens (tertiary/aromatic N) is 1. The molecule has 55 heavy (non-hydrogen) atoms. The number of aliphatic hydroxyl groups is 2. The Morgan fingerprint density at radius 1 is 0.873 bits per heavy atom. The average molecular weight is 786 g/mol. The summed E-state index contributed by atoms with van der Waals surface area (Å²) in [5.41, 5.74) is -1.66. The number of halogens is 7. The molecule has 288 valence electrons. The van der Waals surface area contributed by atoms with Crippen LogP contribution in [0.4, 0.5) is 32.0 Å². The van der Waals surface area contributed by atoms with E-state index in [0.717, 1.165) is 11.1 Å². The van der Waals surface area contributed by atoms with Gasteiger partial charge in [-0.25, -0.2) is 4.90 Å². The fourth-order valence-corrected chi connectivity index (χ4v) is 7.55. The molecule has 2 aliphatic rings. The molecule has 0 radical (unpaired) electrons. The second-order valence-electron chi connectivity index (χ2n) is 13.4. The maximum absolute atomic E-state index is 14.1. The normalized spacial score (nSPS) is 19.8. The summed E-state index contributed by atoms with van der Waals surface area (Å²) in [7, 11) is 0. The highest BCUT2D eigenvalue weighted by atomic mass is 35.5. The largest absolute Gasteiger partial charge is 0.508 e. The van der Waals surface area contributed by atoms with E-state index < -0.39 is 71.4 Å². The summed E-state index contributed by atoms with van der Waals surface area (Å²) < 4.78 is 88.7. The molecule has 6 rings (SSSR count). The van der Waals surface area contributed by atoms with Crippen molar-refractivity contribution in [2.24, 2.45) is 17.8 Å². The highest BCUT2D eigenvalue weighted by Crippen LogP contribution is 2.49. The van der Waals surface area contributed by atoms with Gasteiger partial charge < -0.3 is 20.1 Å². The first-order valence-electron chi connectivity index (χ1n) is 17.2. The van der Waals surface area contributed by atoms with Crippen molar-refractivity contribution in [1.29, 1.82) is 0 Å². The van der Waals surface area contributed by atoms with E-state index in [2.05, 4.69) is 0 Å². The number of alkyl halides is 6. The third-order valence-electron chi connectivity index (χ3n) is 9.87. The standard InChI is InChI=1S/C41H34ClF6NO6/c42-34-20-30(51)13-11-25(34)15-24(23-7-3-1-4-8-23)12-14-35(52)36-26(22-55-31-9-5-2-6-10-31)16-32-37(33(36)21-50)39(54)49(38(32)53)29-18-27(40(43,44)45)17-28(19-29)41(46,47)48/h1-11,13,15,17-20,32-33,35,37,50-52H,12,14,16,21-22H2/b24-15-/t32-,33+,35-,37-/m1/s1. The van der Waals surface area contributed by atoms with Crippen LogP contribution in [0.5, 0.6) is 11.5 Å². The Bertz CT molecular complexity index is 2090. The minimum absolute atomic E-state index is 0.0168. The van der Waals surface area contributed by atoms with E-state index in [1.165, 1.54) is 12.1 Å². The van der Waals surface area contributed by atoms with Crippen molar-refractivity contribution in [3.05, 3.63) is 135 Å². The molecule has 4 atom stereocenters. The molecule has 4 aromatic rings. The van der Waals surface area contributed by atoms with Gasteiger partial charge in [0.25, 0.3) is 0 Å². The van der Waals surface area contributed by atoms with Gasteiger partial charge in [0, 0.05) is 5.92 Å². The van der Waals surface area contributed by atoms with Gasteiger partial charge in [0.15, 0.2) is 0 Å². The number of hydrogen-bond acceptors (Lipinski definition) is 6. The van der Waals surface area contributed by atoms with Gasteiger partial charge in [0.05, 0.1) is 46.4 Å². The van der Waals surface area contributed by atoms with Gasteiger partial charge in [-0.2, -0.15) is 26.3 Å². The van der Waals surface area contributed by atoms with E-state index in [1.807, 2.05) is 30.3 Å². The van der Waals surface area contributed by atoms with E-state index in [0.29, 0.717) is 33.9 Å². The highest BCUT2D eigenvalue weighted by molar-refractivity contribution is 6.32. The van der Waals surface area contributed by atoms with E-state index >= 15 is 0 Å². The Balaban J connectivity index is 1.38. The zero-order valence-electron chi connectivity index (χ0n) is 28.8. The molecular weight excluding hydrogens is 752 g/mol. The first kappa shape index (κ1) is 39.6. The van der Waals surface area contributed by atoms with Crippen LogP contribution in [0.25, 0.3) is 11.6 Å². The number of aromatic hydroxyl groups is 1. The zero-order chi connectivity index (χ0) is 39.7. The second kappa shape index (κ2) is 15.9. The molecule has 0 bridgehead atoms. The number of amides is 2. The number of aliphatic hydroxyl groups excluding tert-OH is 2. The quantitative estimate of drug-likeness (QED) is 0.0607. The number of imide groups is 1. The molecule has 7 nitrogen and oxygen atoms in total. The van der Waals surface area contributed by atoms with Crippen molar-refractivity contribution >= 4 is 40.8 Å². The number of carbonyl (C=O) groups excluding carboxylic acids is 2. The van der Waals surface area contributed by atoms with E-state index in [9.17, 15) is 51.3 Å². The molecule has 1 aliphatic heterocycles. The molecule has 1 heterocycles. The van der Waals surface area contributed by atoms with Crippen molar-refractivity contribution in [3.8, 4) is 11.5 Å². The summed E-state index contributed by atoms with van der Waals surface area (Å²) in [4.78, 5) is 28.3. The predicted octanol–water partition coefficient (Wildman–Crippen LogP) is 8.96. The number of rotatable bonds is 11. The van der Waals surface area contributed by atoms with Crippen molar-refractivity contribution in [2.75, 3.05) is 18.1 Å². The lowest BCUT2D eigenvalue weighted by Gasteiger charge is -2.36. The van der Waals surface area contributed by atoms with Gasteiger partial charge in [-0.1, -0.05) is 60.1 Å². The number of fused-ring (bicyclic) bond motifs is 1. The van der Waals surface area contributed by atoms with Crippen LogP contribution in [-0.4, -0.2) is 46.5 Å². The number of anilines is 1. The topological polar surface area (TPSA) is 107 Å². The predicted molar refractivity (Wildman–Crippen MR) is 193 cm³/mol. The van der Waals surface area contributed by atoms with Crippen LogP contribution in [0.15, 0.2) is 108 Å². The molecule has 0 spiro atoms. The molecule has 0 saturated carbocycles. The third-order valence-corrected chi connectivity index (χ3v) is 10.2. The SMILES string of the molecule is O=C1[C@@H]2[C@@H](CC(COc3ccccc3)=C([C@H](O)CC/C(=C/c3ccc(O)cc3Cl)c3ccccc3)[C@@H]2CO)C(=O)N1c1cc(C(F)(F)F)cc(C(F)(F)F)c1. The molecule has 0 unspecified atom stereocenters. The fraction of sp³-hybridized carbons (Fsp3) is 0.268. The lowest BCUT2D eigenvalue weighted by Crippen LogP contribution is -2.40. The molecule has 14 heteroatoms. The van der Waals surface area contributed by atoms with Gasteiger partial charge in [-0.15, -0.1) is 0 Å². The fourth-order valence-electron chi connectivity index (χ4n) is 7.32.